The fourth-order valence-electron chi connectivity index (χ4n) is 2.29. The summed E-state index contributed by atoms with van der Waals surface area (Å²) in [4.78, 5) is 6.86. The third-order valence-corrected chi connectivity index (χ3v) is 7.54. The van der Waals surface area contributed by atoms with Gasteiger partial charge in [-0.3, -0.25) is 0 Å². The molecule has 0 aliphatic carbocycles. The van der Waals surface area contributed by atoms with E-state index in [1.807, 2.05) is 5.38 Å². The standard InChI is InChI=1S/C13H16ClN3O2S3/c14-11-3-4-12(21-11)22(18,19)15-6-5-10-9-20-13(16-10)17-7-1-2-8-17/h3-4,9,15H,1-2,5-8H2. The van der Waals surface area contributed by atoms with Crippen molar-refractivity contribution < 1.29 is 8.42 Å². The van der Waals surface area contributed by atoms with Crippen LogP contribution in [0.2, 0.25) is 4.34 Å². The minimum atomic E-state index is -3.47. The van der Waals surface area contributed by atoms with Crippen LogP contribution in [0.4, 0.5) is 5.13 Å². The Hall–Kier alpha value is -0.670. The molecule has 1 N–H and O–H groups in total. The maximum absolute atomic E-state index is 12.1. The van der Waals surface area contributed by atoms with Crippen LogP contribution in [0, 0.1) is 0 Å². The molecule has 0 saturated carbocycles. The molecule has 1 aliphatic rings. The smallest absolute Gasteiger partial charge is 0.250 e. The predicted molar refractivity (Wildman–Crippen MR) is 91.8 cm³/mol. The third kappa shape index (κ3) is 3.80. The molecule has 5 nitrogen and oxygen atoms in total. The second-order valence-corrected chi connectivity index (χ2v) is 9.57. The van der Waals surface area contributed by atoms with E-state index < -0.39 is 10.0 Å². The molecule has 0 atom stereocenters. The normalized spacial score (nSPS) is 15.6. The number of aromatic nitrogens is 1. The number of thiazole rings is 1. The number of nitrogens with zero attached hydrogens (tertiary/aromatic N) is 2. The van der Waals surface area contributed by atoms with Gasteiger partial charge in [-0.2, -0.15) is 0 Å². The molecule has 3 rings (SSSR count). The Morgan fingerprint density at radius 3 is 2.77 bits per heavy atom. The highest BCUT2D eigenvalue weighted by Gasteiger charge is 2.17. The minimum absolute atomic E-state index is 0.244. The summed E-state index contributed by atoms with van der Waals surface area (Å²) >= 11 is 8.46. The number of halogens is 1. The first-order chi connectivity index (χ1) is 10.5. The van der Waals surface area contributed by atoms with Crippen LogP contribution < -0.4 is 9.62 Å². The van der Waals surface area contributed by atoms with Crippen LogP contribution in [0.1, 0.15) is 18.5 Å². The summed E-state index contributed by atoms with van der Waals surface area (Å²) in [6, 6.07) is 3.10. The average Bonchev–Trinajstić information content (AvgIpc) is 3.18. The highest BCUT2D eigenvalue weighted by molar-refractivity contribution is 7.91. The number of anilines is 1. The van der Waals surface area contributed by atoms with Crippen molar-refractivity contribution in [3.63, 3.8) is 0 Å². The Morgan fingerprint density at radius 2 is 2.09 bits per heavy atom. The van der Waals surface area contributed by atoms with Crippen LogP contribution in [0.5, 0.6) is 0 Å². The van der Waals surface area contributed by atoms with Gasteiger partial charge in [0.25, 0.3) is 0 Å². The number of sulfonamides is 1. The summed E-state index contributed by atoms with van der Waals surface area (Å²) in [5, 5.41) is 3.05. The van der Waals surface area contributed by atoms with Gasteiger partial charge < -0.3 is 4.90 Å². The summed E-state index contributed by atoms with van der Waals surface area (Å²) in [5.41, 5.74) is 0.929. The second-order valence-electron chi connectivity index (χ2n) is 5.02. The SMILES string of the molecule is O=S(=O)(NCCc1csc(N2CCCC2)n1)c1ccc(Cl)s1. The van der Waals surface area contributed by atoms with Gasteiger partial charge >= 0.3 is 0 Å². The van der Waals surface area contributed by atoms with Gasteiger partial charge in [-0.05, 0) is 25.0 Å². The quantitative estimate of drug-likeness (QED) is 0.840. The zero-order valence-electron chi connectivity index (χ0n) is 11.8. The Balaban J connectivity index is 1.54. The lowest BCUT2D eigenvalue weighted by molar-refractivity contribution is 0.583. The molecule has 0 radical (unpaired) electrons. The van der Waals surface area contributed by atoms with E-state index >= 15 is 0 Å². The van der Waals surface area contributed by atoms with Gasteiger partial charge in [-0.1, -0.05) is 11.6 Å². The first-order valence-electron chi connectivity index (χ1n) is 6.99. The molecule has 0 amide bonds. The Bertz CT molecular complexity index is 735. The zero-order valence-corrected chi connectivity index (χ0v) is 15.0. The van der Waals surface area contributed by atoms with Crippen LogP contribution in [0.25, 0.3) is 0 Å². The van der Waals surface area contributed by atoms with Crippen molar-refractivity contribution in [2.24, 2.45) is 0 Å². The molecule has 9 heteroatoms. The van der Waals surface area contributed by atoms with E-state index in [0.29, 0.717) is 17.3 Å². The van der Waals surface area contributed by atoms with E-state index in [9.17, 15) is 8.42 Å². The van der Waals surface area contributed by atoms with Gasteiger partial charge in [-0.25, -0.2) is 18.1 Å². The van der Waals surface area contributed by atoms with Crippen molar-refractivity contribution in [1.29, 1.82) is 0 Å². The van der Waals surface area contributed by atoms with Gasteiger partial charge in [0.2, 0.25) is 10.0 Å². The first-order valence-corrected chi connectivity index (χ1v) is 10.5. The monoisotopic (exact) mass is 377 g/mol. The highest BCUT2D eigenvalue weighted by Crippen LogP contribution is 2.26. The Kier molecular flexibility index (Phi) is 5.03. The summed E-state index contributed by atoms with van der Waals surface area (Å²) in [7, 11) is -3.47. The van der Waals surface area contributed by atoms with E-state index in [2.05, 4.69) is 14.6 Å². The van der Waals surface area contributed by atoms with Gasteiger partial charge in [0.15, 0.2) is 5.13 Å². The number of nitrogens with one attached hydrogen (secondary N) is 1. The molecule has 0 unspecified atom stereocenters. The summed E-state index contributed by atoms with van der Waals surface area (Å²) in [6.45, 7) is 2.47. The van der Waals surface area contributed by atoms with Gasteiger partial charge in [0, 0.05) is 31.4 Å². The van der Waals surface area contributed by atoms with Gasteiger partial charge in [0.1, 0.15) is 4.21 Å². The first kappa shape index (κ1) is 16.2. The van der Waals surface area contributed by atoms with E-state index in [1.54, 1.807) is 17.4 Å². The molecule has 22 heavy (non-hydrogen) atoms. The Morgan fingerprint density at radius 1 is 1.32 bits per heavy atom. The van der Waals surface area contributed by atoms with E-state index in [4.69, 9.17) is 11.6 Å². The van der Waals surface area contributed by atoms with Crippen molar-refractivity contribution in [2.45, 2.75) is 23.5 Å². The third-order valence-electron chi connectivity index (χ3n) is 3.40. The van der Waals surface area contributed by atoms with Crippen molar-refractivity contribution in [3.8, 4) is 0 Å². The summed E-state index contributed by atoms with van der Waals surface area (Å²) in [5.74, 6) is 0. The topological polar surface area (TPSA) is 62.3 Å². The highest BCUT2D eigenvalue weighted by atomic mass is 35.5. The fourth-order valence-corrected chi connectivity index (χ4v) is 5.76. The molecule has 2 aromatic rings. The fraction of sp³-hybridized carbons (Fsp3) is 0.462. The molecular formula is C13H16ClN3O2S3. The number of rotatable bonds is 6. The predicted octanol–water partition coefficient (Wildman–Crippen LogP) is 2.98. The minimum Gasteiger partial charge on any atom is -0.348 e. The molecule has 0 spiro atoms. The maximum Gasteiger partial charge on any atom is 0.250 e. The molecule has 0 aromatic carbocycles. The summed E-state index contributed by atoms with van der Waals surface area (Å²) < 4.78 is 27.4. The second kappa shape index (κ2) is 6.84. The molecular weight excluding hydrogens is 362 g/mol. The van der Waals surface area contributed by atoms with E-state index in [1.165, 1.54) is 18.9 Å². The molecule has 2 aromatic heterocycles. The largest absolute Gasteiger partial charge is 0.348 e. The number of hydrogen-bond acceptors (Lipinski definition) is 6. The lowest BCUT2D eigenvalue weighted by atomic mass is 10.3. The van der Waals surface area contributed by atoms with Crippen LogP contribution in [-0.4, -0.2) is 33.0 Å². The van der Waals surface area contributed by atoms with Crippen LogP contribution in [-0.2, 0) is 16.4 Å². The molecule has 1 fully saturated rings. The average molecular weight is 378 g/mol. The van der Waals surface area contributed by atoms with Crippen molar-refractivity contribution >= 4 is 49.4 Å². The van der Waals surface area contributed by atoms with Gasteiger partial charge in [0.05, 0.1) is 10.0 Å². The summed E-state index contributed by atoms with van der Waals surface area (Å²) in [6.07, 6.45) is 3.03. The van der Waals surface area contributed by atoms with E-state index in [-0.39, 0.29) is 4.21 Å². The molecule has 120 valence electrons. The van der Waals surface area contributed by atoms with Crippen LogP contribution in [0.3, 0.4) is 0 Å². The molecule has 1 aliphatic heterocycles. The maximum atomic E-state index is 12.1. The lowest BCUT2D eigenvalue weighted by Gasteiger charge is -2.12. The number of hydrogen-bond donors (Lipinski definition) is 1. The zero-order chi connectivity index (χ0) is 15.6. The van der Waals surface area contributed by atoms with Crippen LogP contribution in [0.15, 0.2) is 21.7 Å². The molecule has 1 saturated heterocycles. The van der Waals surface area contributed by atoms with Gasteiger partial charge in [-0.15, -0.1) is 22.7 Å². The molecule has 3 heterocycles. The van der Waals surface area contributed by atoms with Crippen molar-refractivity contribution in [3.05, 3.63) is 27.5 Å². The Labute approximate surface area is 143 Å². The molecule has 0 bridgehead atoms. The lowest BCUT2D eigenvalue weighted by Crippen LogP contribution is -2.25. The van der Waals surface area contributed by atoms with Crippen molar-refractivity contribution in [2.75, 3.05) is 24.5 Å². The van der Waals surface area contributed by atoms with Crippen LogP contribution >= 0.6 is 34.3 Å². The van der Waals surface area contributed by atoms with E-state index in [0.717, 1.165) is 35.3 Å². The number of thiophene rings is 1. The van der Waals surface area contributed by atoms with Crippen molar-refractivity contribution in [1.82, 2.24) is 9.71 Å².